The van der Waals surface area contributed by atoms with Gasteiger partial charge in [0.25, 0.3) is 10.0 Å². The molecular formula is C36H40FN3O6S. The van der Waals surface area contributed by atoms with Gasteiger partial charge >= 0.3 is 0 Å². The van der Waals surface area contributed by atoms with Crippen LogP contribution < -0.4 is 19.1 Å². The lowest BCUT2D eigenvalue weighted by Crippen LogP contribution is -2.54. The molecule has 11 heteroatoms. The molecule has 248 valence electrons. The van der Waals surface area contributed by atoms with Gasteiger partial charge in [0, 0.05) is 25.1 Å². The lowest BCUT2D eigenvalue weighted by molar-refractivity contribution is -0.140. The largest absolute Gasteiger partial charge is 0.493 e. The molecule has 0 spiro atoms. The second-order valence-electron chi connectivity index (χ2n) is 11.4. The van der Waals surface area contributed by atoms with Crippen molar-refractivity contribution in [2.45, 2.75) is 50.7 Å². The highest BCUT2D eigenvalue weighted by atomic mass is 32.2. The van der Waals surface area contributed by atoms with E-state index in [4.69, 9.17) is 9.47 Å². The van der Waals surface area contributed by atoms with Crippen LogP contribution in [0.2, 0.25) is 0 Å². The highest BCUT2D eigenvalue weighted by molar-refractivity contribution is 7.92. The van der Waals surface area contributed by atoms with E-state index >= 15 is 0 Å². The molecule has 1 atom stereocenters. The van der Waals surface area contributed by atoms with Gasteiger partial charge in [-0.3, -0.25) is 13.9 Å². The molecule has 9 nitrogen and oxygen atoms in total. The summed E-state index contributed by atoms with van der Waals surface area (Å²) in [4.78, 5) is 29.5. The van der Waals surface area contributed by atoms with Crippen molar-refractivity contribution < 1.29 is 31.9 Å². The molecule has 2 amide bonds. The number of rotatable bonds is 14. The molecule has 0 saturated heterocycles. The predicted molar refractivity (Wildman–Crippen MR) is 179 cm³/mol. The minimum atomic E-state index is -4.43. The first-order valence-electron chi connectivity index (χ1n) is 15.1. The fourth-order valence-corrected chi connectivity index (χ4v) is 6.50. The fourth-order valence-electron chi connectivity index (χ4n) is 5.07. The Bertz CT molecular complexity index is 1770. The van der Waals surface area contributed by atoms with E-state index in [9.17, 15) is 22.4 Å². The molecule has 0 radical (unpaired) electrons. The number of anilines is 1. The van der Waals surface area contributed by atoms with E-state index in [0.29, 0.717) is 5.75 Å². The van der Waals surface area contributed by atoms with Crippen molar-refractivity contribution in [3.63, 3.8) is 0 Å². The van der Waals surface area contributed by atoms with Crippen LogP contribution >= 0.6 is 0 Å². The number of carbonyl (C=O) groups is 2. The SMILES string of the molecule is COc1ccc(S(=O)(=O)N(CC(=O)N(Cc2ccc(C)cc2)C(Cc2ccccc2)C(=O)NC(C)C)c2ccc(F)cc2)cc1OC. The summed E-state index contributed by atoms with van der Waals surface area (Å²) in [6, 6.07) is 24.6. The van der Waals surface area contributed by atoms with E-state index in [1.807, 2.05) is 75.4 Å². The summed E-state index contributed by atoms with van der Waals surface area (Å²) >= 11 is 0. The summed E-state index contributed by atoms with van der Waals surface area (Å²) in [5.74, 6) is -1.08. The number of halogens is 1. The Hall–Kier alpha value is -4.90. The van der Waals surface area contributed by atoms with Gasteiger partial charge in [0.1, 0.15) is 18.4 Å². The van der Waals surface area contributed by atoms with E-state index in [-0.39, 0.29) is 41.2 Å². The molecule has 4 aromatic rings. The molecule has 1 unspecified atom stereocenters. The Morgan fingerprint density at radius 2 is 1.47 bits per heavy atom. The zero-order chi connectivity index (χ0) is 34.1. The Labute approximate surface area is 276 Å². The third-order valence-corrected chi connectivity index (χ3v) is 9.28. The van der Waals surface area contributed by atoms with Gasteiger partial charge in [-0.2, -0.15) is 0 Å². The fraction of sp³-hybridized carbons (Fsp3) is 0.278. The van der Waals surface area contributed by atoms with Gasteiger partial charge in [-0.05, 0) is 68.3 Å². The number of nitrogens with zero attached hydrogens (tertiary/aromatic N) is 2. The molecular weight excluding hydrogens is 621 g/mol. The maximum Gasteiger partial charge on any atom is 0.264 e. The highest BCUT2D eigenvalue weighted by Gasteiger charge is 2.35. The molecule has 0 aliphatic rings. The van der Waals surface area contributed by atoms with Crippen molar-refractivity contribution in [1.82, 2.24) is 10.2 Å². The van der Waals surface area contributed by atoms with E-state index in [2.05, 4.69) is 5.32 Å². The molecule has 0 aromatic heterocycles. The Morgan fingerprint density at radius 3 is 2.06 bits per heavy atom. The van der Waals surface area contributed by atoms with Gasteiger partial charge in [0.15, 0.2) is 11.5 Å². The van der Waals surface area contributed by atoms with Crippen LogP contribution in [0.1, 0.15) is 30.5 Å². The van der Waals surface area contributed by atoms with Crippen molar-refractivity contribution >= 4 is 27.5 Å². The maximum atomic E-state index is 14.5. The summed E-state index contributed by atoms with van der Waals surface area (Å²) in [6.45, 7) is 4.97. The Kier molecular flexibility index (Phi) is 11.6. The van der Waals surface area contributed by atoms with E-state index < -0.39 is 34.3 Å². The summed E-state index contributed by atoms with van der Waals surface area (Å²) in [5.41, 5.74) is 2.67. The van der Waals surface area contributed by atoms with Gasteiger partial charge in [0.2, 0.25) is 11.8 Å². The monoisotopic (exact) mass is 661 g/mol. The van der Waals surface area contributed by atoms with Gasteiger partial charge in [-0.25, -0.2) is 12.8 Å². The van der Waals surface area contributed by atoms with E-state index in [1.54, 1.807) is 0 Å². The number of carbonyl (C=O) groups excluding carboxylic acids is 2. The first-order valence-corrected chi connectivity index (χ1v) is 16.6. The number of ether oxygens (including phenoxy) is 2. The van der Waals surface area contributed by atoms with Crippen LogP contribution in [-0.2, 0) is 32.6 Å². The number of amides is 2. The first-order chi connectivity index (χ1) is 22.4. The molecule has 0 saturated carbocycles. The van der Waals surface area contributed by atoms with Crippen molar-refractivity contribution in [3.05, 3.63) is 120 Å². The van der Waals surface area contributed by atoms with Crippen molar-refractivity contribution in [3.8, 4) is 11.5 Å². The zero-order valence-corrected chi connectivity index (χ0v) is 28.0. The standard InChI is InChI=1S/C36H40FN3O6S/c1-25(2)38-36(42)32(21-27-9-7-6-8-10-27)39(23-28-13-11-26(3)12-14-28)35(41)24-40(30-17-15-29(37)16-18-30)47(43,44)31-19-20-33(45-4)34(22-31)46-5/h6-20,22,25,32H,21,23-24H2,1-5H3,(H,38,42). The van der Waals surface area contributed by atoms with Gasteiger partial charge < -0.3 is 19.7 Å². The number of nitrogens with one attached hydrogen (secondary N) is 1. The molecule has 1 N–H and O–H groups in total. The molecule has 0 heterocycles. The van der Waals surface area contributed by atoms with Crippen LogP contribution in [0.15, 0.2) is 102 Å². The normalized spacial score (nSPS) is 11.9. The van der Waals surface area contributed by atoms with Crippen molar-refractivity contribution in [2.75, 3.05) is 25.1 Å². The predicted octanol–water partition coefficient (Wildman–Crippen LogP) is 5.51. The quantitative estimate of drug-likeness (QED) is 0.191. The van der Waals surface area contributed by atoms with Crippen molar-refractivity contribution in [2.24, 2.45) is 0 Å². The Morgan fingerprint density at radius 1 is 0.830 bits per heavy atom. The zero-order valence-electron chi connectivity index (χ0n) is 27.1. The van der Waals surface area contributed by atoms with Gasteiger partial charge in [-0.1, -0.05) is 60.2 Å². The average Bonchev–Trinajstić information content (AvgIpc) is 3.06. The smallest absolute Gasteiger partial charge is 0.264 e. The van der Waals surface area contributed by atoms with Gasteiger partial charge in [-0.15, -0.1) is 0 Å². The molecule has 4 aromatic carbocycles. The third-order valence-electron chi connectivity index (χ3n) is 7.51. The lowest BCUT2D eigenvalue weighted by atomic mass is 10.0. The average molecular weight is 662 g/mol. The van der Waals surface area contributed by atoms with Crippen LogP contribution in [0.4, 0.5) is 10.1 Å². The molecule has 4 rings (SSSR count). The number of hydrogen-bond donors (Lipinski definition) is 1. The van der Waals surface area contributed by atoms with Crippen molar-refractivity contribution in [1.29, 1.82) is 0 Å². The molecule has 0 aliphatic carbocycles. The van der Waals surface area contributed by atoms with Crippen LogP contribution in [0.25, 0.3) is 0 Å². The number of sulfonamides is 1. The Balaban J connectivity index is 1.82. The summed E-state index contributed by atoms with van der Waals surface area (Å²) in [7, 11) is -1.62. The van der Waals surface area contributed by atoms with Crippen LogP contribution in [-0.4, -0.2) is 58.0 Å². The minimum absolute atomic E-state index is 0.0375. The topological polar surface area (TPSA) is 105 Å². The van der Waals surface area contributed by atoms with Crippen LogP contribution in [0.3, 0.4) is 0 Å². The molecule has 0 aliphatic heterocycles. The molecule has 0 fully saturated rings. The number of benzene rings is 4. The second-order valence-corrected chi connectivity index (χ2v) is 13.2. The number of hydrogen-bond acceptors (Lipinski definition) is 6. The summed E-state index contributed by atoms with van der Waals surface area (Å²) in [6.07, 6.45) is 0.190. The minimum Gasteiger partial charge on any atom is -0.493 e. The maximum absolute atomic E-state index is 14.5. The third kappa shape index (κ3) is 8.88. The first kappa shape index (κ1) is 35.0. The van der Waals surface area contributed by atoms with Crippen LogP contribution in [0, 0.1) is 12.7 Å². The number of methoxy groups -OCH3 is 2. The summed E-state index contributed by atoms with van der Waals surface area (Å²) in [5, 5.41) is 2.93. The second kappa shape index (κ2) is 15.6. The van der Waals surface area contributed by atoms with E-state index in [0.717, 1.165) is 33.1 Å². The van der Waals surface area contributed by atoms with E-state index in [1.165, 1.54) is 49.5 Å². The number of aryl methyl sites for hydroxylation is 1. The lowest BCUT2D eigenvalue weighted by Gasteiger charge is -2.34. The summed E-state index contributed by atoms with van der Waals surface area (Å²) < 4.78 is 54.1. The molecule has 47 heavy (non-hydrogen) atoms. The molecule has 0 bridgehead atoms. The highest BCUT2D eigenvalue weighted by Crippen LogP contribution is 2.32. The van der Waals surface area contributed by atoms with Gasteiger partial charge in [0.05, 0.1) is 24.8 Å². The van der Waals surface area contributed by atoms with Crippen LogP contribution in [0.5, 0.6) is 11.5 Å².